The summed E-state index contributed by atoms with van der Waals surface area (Å²) in [5.74, 6) is -0.758. The maximum absolute atomic E-state index is 14.7. The van der Waals surface area contributed by atoms with Crippen molar-refractivity contribution in [3.8, 4) is 6.07 Å². The van der Waals surface area contributed by atoms with Crippen molar-refractivity contribution in [2.24, 2.45) is 0 Å². The summed E-state index contributed by atoms with van der Waals surface area (Å²) in [5, 5.41) is 14.2. The fourth-order valence-corrected chi connectivity index (χ4v) is 6.90. The number of benzene rings is 3. The van der Waals surface area contributed by atoms with Gasteiger partial charge in [0.2, 0.25) is 0 Å². The van der Waals surface area contributed by atoms with Gasteiger partial charge in [-0.05, 0) is 55.8 Å². The van der Waals surface area contributed by atoms with E-state index in [0.29, 0.717) is 27.4 Å². The Morgan fingerprint density at radius 2 is 1.73 bits per heavy atom. The van der Waals surface area contributed by atoms with E-state index in [-0.39, 0.29) is 27.4 Å². The van der Waals surface area contributed by atoms with Crippen LogP contribution in [-0.2, 0) is 26.4 Å². The summed E-state index contributed by atoms with van der Waals surface area (Å²) in [5.41, 5.74) is 1.90. The lowest BCUT2D eigenvalue weighted by molar-refractivity contribution is 0.589. The average molecular weight is 537 g/mol. The molecular formula is C26H21FN4O4S2. The number of fused-ring (bicyclic) bond motifs is 2. The van der Waals surface area contributed by atoms with Crippen LogP contribution < -0.4 is 0 Å². The summed E-state index contributed by atoms with van der Waals surface area (Å²) in [6.45, 7) is 3.45. The van der Waals surface area contributed by atoms with Crippen molar-refractivity contribution in [3.63, 3.8) is 0 Å². The lowest BCUT2D eigenvalue weighted by Crippen LogP contribution is -2.14. The van der Waals surface area contributed by atoms with Gasteiger partial charge in [0.05, 0.1) is 27.4 Å². The Hall–Kier alpha value is -4.01. The van der Waals surface area contributed by atoms with Gasteiger partial charge in [-0.1, -0.05) is 17.7 Å². The summed E-state index contributed by atoms with van der Waals surface area (Å²) >= 11 is 0. The standard InChI is InChI=1S/C26H21FN4O4S2/c1-16-4-8-20(9-5-16)37(34,35)31-11-10-21-22(23(36(3,32)33)12-17(2)26(21)31)15-30-14-19-7-6-18(13-28)24(27)25(19)29-30/h4-12,14H,15H2,1-3H3. The number of nitrogens with zero attached hydrogens (tertiary/aromatic N) is 4. The smallest absolute Gasteiger partial charge is 0.267 e. The molecule has 0 saturated heterocycles. The third kappa shape index (κ3) is 4.08. The third-order valence-corrected chi connectivity index (χ3v) is 9.13. The van der Waals surface area contributed by atoms with E-state index < -0.39 is 25.7 Å². The van der Waals surface area contributed by atoms with Gasteiger partial charge in [0.1, 0.15) is 11.6 Å². The van der Waals surface area contributed by atoms with E-state index in [0.717, 1.165) is 15.8 Å². The molecule has 188 valence electrons. The van der Waals surface area contributed by atoms with E-state index in [9.17, 15) is 21.2 Å². The van der Waals surface area contributed by atoms with Crippen LogP contribution in [0.1, 0.15) is 22.3 Å². The van der Waals surface area contributed by atoms with Crippen LogP contribution in [-0.4, -0.2) is 36.8 Å². The molecule has 0 amide bonds. The molecule has 0 spiro atoms. The number of nitriles is 1. The SMILES string of the molecule is Cc1ccc(S(=O)(=O)n2ccc3c(Cn4cc5ccc(C#N)c(F)c5n4)c(S(C)(=O)=O)cc(C)c32)cc1. The quantitative estimate of drug-likeness (QED) is 0.331. The van der Waals surface area contributed by atoms with Gasteiger partial charge in [0.25, 0.3) is 10.0 Å². The molecule has 0 aliphatic rings. The van der Waals surface area contributed by atoms with Crippen molar-refractivity contribution in [1.82, 2.24) is 13.8 Å². The minimum absolute atomic E-state index is 0.0113. The first kappa shape index (κ1) is 24.7. The number of rotatable bonds is 5. The normalized spacial score (nSPS) is 12.3. The van der Waals surface area contributed by atoms with Gasteiger partial charge >= 0.3 is 0 Å². The minimum atomic E-state index is -3.97. The van der Waals surface area contributed by atoms with Crippen LogP contribution in [0.4, 0.5) is 4.39 Å². The molecule has 0 saturated carbocycles. The van der Waals surface area contributed by atoms with Crippen molar-refractivity contribution >= 4 is 41.7 Å². The predicted molar refractivity (Wildman–Crippen MR) is 137 cm³/mol. The number of aryl methyl sites for hydroxylation is 2. The molecule has 0 aliphatic heterocycles. The highest BCUT2D eigenvalue weighted by Crippen LogP contribution is 2.33. The van der Waals surface area contributed by atoms with Crippen LogP contribution in [0.2, 0.25) is 0 Å². The van der Waals surface area contributed by atoms with E-state index in [4.69, 9.17) is 5.26 Å². The topological polar surface area (TPSA) is 115 Å². The van der Waals surface area contributed by atoms with Crippen LogP contribution in [0.25, 0.3) is 21.8 Å². The van der Waals surface area contributed by atoms with E-state index in [1.165, 1.54) is 35.1 Å². The molecule has 0 fully saturated rings. The van der Waals surface area contributed by atoms with Crippen LogP contribution >= 0.6 is 0 Å². The van der Waals surface area contributed by atoms with E-state index in [1.807, 2.05) is 6.92 Å². The van der Waals surface area contributed by atoms with Gasteiger partial charge in [-0.25, -0.2) is 25.2 Å². The monoisotopic (exact) mass is 536 g/mol. The first-order chi connectivity index (χ1) is 17.4. The number of hydrogen-bond donors (Lipinski definition) is 0. The second-order valence-corrected chi connectivity index (χ2v) is 12.7. The van der Waals surface area contributed by atoms with Crippen LogP contribution in [0, 0.1) is 31.0 Å². The molecule has 0 bridgehead atoms. The van der Waals surface area contributed by atoms with Crippen LogP contribution in [0.5, 0.6) is 0 Å². The molecule has 0 aliphatic carbocycles. The molecule has 2 heterocycles. The summed E-state index contributed by atoms with van der Waals surface area (Å²) < 4.78 is 69.7. The summed E-state index contributed by atoms with van der Waals surface area (Å²) in [6, 6.07) is 14.2. The Bertz CT molecular complexity index is 1980. The van der Waals surface area contributed by atoms with Crippen molar-refractivity contribution in [2.75, 3.05) is 6.26 Å². The lowest BCUT2D eigenvalue weighted by Gasteiger charge is -2.15. The van der Waals surface area contributed by atoms with E-state index in [1.54, 1.807) is 43.5 Å². The zero-order valence-corrected chi connectivity index (χ0v) is 21.7. The number of sulfone groups is 1. The highest BCUT2D eigenvalue weighted by molar-refractivity contribution is 7.91. The fourth-order valence-electron chi connectivity index (χ4n) is 4.48. The van der Waals surface area contributed by atoms with Crippen molar-refractivity contribution in [1.29, 1.82) is 5.26 Å². The highest BCUT2D eigenvalue weighted by atomic mass is 32.2. The number of aromatic nitrogens is 3. The fraction of sp³-hybridized carbons (Fsp3) is 0.154. The molecule has 0 radical (unpaired) electrons. The molecule has 0 N–H and O–H groups in total. The molecular weight excluding hydrogens is 515 g/mol. The Balaban J connectivity index is 1.74. The first-order valence-corrected chi connectivity index (χ1v) is 14.5. The third-order valence-electron chi connectivity index (χ3n) is 6.28. The van der Waals surface area contributed by atoms with Gasteiger partial charge in [0, 0.05) is 35.0 Å². The van der Waals surface area contributed by atoms with Crippen molar-refractivity contribution < 1.29 is 21.2 Å². The number of halogens is 1. The Morgan fingerprint density at radius 3 is 2.38 bits per heavy atom. The van der Waals surface area contributed by atoms with E-state index >= 15 is 0 Å². The Morgan fingerprint density at radius 1 is 1.03 bits per heavy atom. The Kier molecular flexibility index (Phi) is 5.69. The van der Waals surface area contributed by atoms with Gasteiger partial charge < -0.3 is 0 Å². The molecule has 0 unspecified atom stereocenters. The second kappa shape index (κ2) is 8.54. The summed E-state index contributed by atoms with van der Waals surface area (Å²) in [4.78, 5) is 0.131. The zero-order valence-electron chi connectivity index (χ0n) is 20.1. The second-order valence-electron chi connectivity index (χ2n) is 8.94. The van der Waals surface area contributed by atoms with Gasteiger partial charge in [-0.2, -0.15) is 10.4 Å². The van der Waals surface area contributed by atoms with Gasteiger partial charge in [0.15, 0.2) is 15.7 Å². The first-order valence-electron chi connectivity index (χ1n) is 11.1. The molecule has 8 nitrogen and oxygen atoms in total. The molecule has 11 heteroatoms. The molecule has 2 aromatic heterocycles. The van der Waals surface area contributed by atoms with Crippen molar-refractivity contribution in [3.05, 3.63) is 89.0 Å². The maximum atomic E-state index is 14.7. The summed E-state index contributed by atoms with van der Waals surface area (Å²) in [7, 11) is -7.69. The van der Waals surface area contributed by atoms with Gasteiger partial charge in [-0.3, -0.25) is 4.68 Å². The van der Waals surface area contributed by atoms with Crippen molar-refractivity contribution in [2.45, 2.75) is 30.2 Å². The molecule has 5 aromatic rings. The van der Waals surface area contributed by atoms with Crippen LogP contribution in [0.3, 0.4) is 0 Å². The molecule has 3 aromatic carbocycles. The lowest BCUT2D eigenvalue weighted by atomic mass is 10.1. The molecule has 5 rings (SSSR count). The van der Waals surface area contributed by atoms with Gasteiger partial charge in [-0.15, -0.1) is 0 Å². The zero-order chi connectivity index (χ0) is 26.7. The largest absolute Gasteiger partial charge is 0.268 e. The minimum Gasteiger partial charge on any atom is -0.267 e. The van der Waals surface area contributed by atoms with E-state index in [2.05, 4.69) is 5.10 Å². The highest BCUT2D eigenvalue weighted by Gasteiger charge is 2.25. The Labute approximate surface area is 213 Å². The average Bonchev–Trinajstić information content (AvgIpc) is 3.46. The summed E-state index contributed by atoms with van der Waals surface area (Å²) in [6.07, 6.45) is 4.04. The molecule has 0 atom stereocenters. The maximum Gasteiger partial charge on any atom is 0.268 e. The molecule has 37 heavy (non-hydrogen) atoms. The predicted octanol–water partition coefficient (Wildman–Crippen LogP) is 4.31. The van der Waals surface area contributed by atoms with Crippen LogP contribution in [0.15, 0.2) is 70.7 Å². The number of hydrogen-bond acceptors (Lipinski definition) is 6.